The average molecular weight is 310 g/mol. The molecule has 116 valence electrons. The van der Waals surface area contributed by atoms with Gasteiger partial charge in [0, 0.05) is 18.7 Å². The van der Waals surface area contributed by atoms with Crippen LogP contribution in [0.15, 0.2) is 29.2 Å². The van der Waals surface area contributed by atoms with Crippen LogP contribution in [-0.4, -0.2) is 51.2 Å². The van der Waals surface area contributed by atoms with Crippen molar-refractivity contribution in [1.29, 1.82) is 0 Å². The summed E-state index contributed by atoms with van der Waals surface area (Å²) < 4.78 is 26.8. The summed E-state index contributed by atoms with van der Waals surface area (Å²) in [6.07, 6.45) is 0. The van der Waals surface area contributed by atoms with E-state index in [1.54, 1.807) is 12.1 Å². The van der Waals surface area contributed by atoms with Crippen LogP contribution in [0.5, 0.6) is 0 Å². The molecule has 1 aromatic carbocycles. The number of hydrogen-bond acceptors (Lipinski definition) is 4. The summed E-state index contributed by atoms with van der Waals surface area (Å²) in [5.41, 5.74) is 0.672. The van der Waals surface area contributed by atoms with Crippen LogP contribution in [0.25, 0.3) is 0 Å². The number of nitrogens with zero attached hydrogens (tertiary/aromatic N) is 1. The van der Waals surface area contributed by atoms with E-state index >= 15 is 0 Å². The first-order valence-corrected chi connectivity index (χ1v) is 8.43. The van der Waals surface area contributed by atoms with Crippen LogP contribution in [0, 0.1) is 11.8 Å². The van der Waals surface area contributed by atoms with Gasteiger partial charge in [-0.3, -0.25) is 0 Å². The minimum Gasteiger partial charge on any atom is -0.384 e. The minimum atomic E-state index is -3.48. The molecule has 5 nitrogen and oxygen atoms in total. The van der Waals surface area contributed by atoms with Gasteiger partial charge >= 0.3 is 0 Å². The molecule has 0 aromatic heterocycles. The molecule has 1 rings (SSSR count). The van der Waals surface area contributed by atoms with E-state index in [4.69, 9.17) is 5.11 Å². The number of benzene rings is 1. The molecule has 2 N–H and O–H groups in total. The third kappa shape index (κ3) is 5.86. The third-order valence-corrected chi connectivity index (χ3v) is 4.57. The molecule has 21 heavy (non-hydrogen) atoms. The van der Waals surface area contributed by atoms with Gasteiger partial charge in [-0.15, -0.1) is 0 Å². The van der Waals surface area contributed by atoms with Gasteiger partial charge in [-0.05, 0) is 37.4 Å². The zero-order valence-corrected chi connectivity index (χ0v) is 13.3. The lowest BCUT2D eigenvalue weighted by Crippen LogP contribution is -2.34. The molecule has 0 radical (unpaired) electrons. The quantitative estimate of drug-likeness (QED) is 0.726. The SMILES string of the molecule is CCN(CC)CCNS(=O)(=O)c1ccc(C#CCO)cc1. The van der Waals surface area contributed by atoms with Crippen molar-refractivity contribution in [1.82, 2.24) is 9.62 Å². The van der Waals surface area contributed by atoms with E-state index in [1.165, 1.54) is 12.1 Å². The summed E-state index contributed by atoms with van der Waals surface area (Å²) in [4.78, 5) is 2.37. The molecule has 6 heteroatoms. The van der Waals surface area contributed by atoms with E-state index in [0.717, 1.165) is 13.1 Å². The standard InChI is InChI=1S/C15H22N2O3S/c1-3-17(4-2)12-11-16-21(19,20)15-9-7-14(8-10-15)6-5-13-18/h7-10,16,18H,3-4,11-13H2,1-2H3. The van der Waals surface area contributed by atoms with Crippen molar-refractivity contribution >= 4 is 10.0 Å². The lowest BCUT2D eigenvalue weighted by Gasteiger charge is -2.18. The second-order valence-corrected chi connectivity index (χ2v) is 6.18. The first kappa shape index (κ1) is 17.7. The molecule has 0 bridgehead atoms. The fourth-order valence-corrected chi connectivity index (χ4v) is 2.84. The Bertz CT molecular complexity index is 582. The number of aliphatic hydroxyl groups excluding tert-OH is 1. The van der Waals surface area contributed by atoms with Crippen LogP contribution in [0.4, 0.5) is 0 Å². The Morgan fingerprint density at radius 3 is 2.33 bits per heavy atom. The smallest absolute Gasteiger partial charge is 0.240 e. The maximum absolute atomic E-state index is 12.1. The van der Waals surface area contributed by atoms with Gasteiger partial charge in [0.1, 0.15) is 6.61 Å². The highest BCUT2D eigenvalue weighted by molar-refractivity contribution is 7.89. The Morgan fingerprint density at radius 1 is 1.19 bits per heavy atom. The van der Waals surface area contributed by atoms with Crippen LogP contribution < -0.4 is 4.72 Å². The molecule has 0 aliphatic heterocycles. The van der Waals surface area contributed by atoms with Crippen LogP contribution in [0.3, 0.4) is 0 Å². The van der Waals surface area contributed by atoms with Gasteiger partial charge in [-0.1, -0.05) is 25.7 Å². The molecule has 0 saturated heterocycles. The molecule has 0 unspecified atom stereocenters. The van der Waals surface area contributed by atoms with Crippen molar-refractivity contribution in [2.45, 2.75) is 18.7 Å². The molecule has 0 atom stereocenters. The highest BCUT2D eigenvalue weighted by Crippen LogP contribution is 2.09. The van der Waals surface area contributed by atoms with E-state index in [-0.39, 0.29) is 11.5 Å². The number of nitrogens with one attached hydrogen (secondary N) is 1. The zero-order valence-electron chi connectivity index (χ0n) is 12.5. The highest BCUT2D eigenvalue weighted by atomic mass is 32.2. The molecule has 0 fully saturated rings. The third-order valence-electron chi connectivity index (χ3n) is 3.09. The van der Waals surface area contributed by atoms with Gasteiger partial charge in [0.05, 0.1) is 4.90 Å². The Kier molecular flexibility index (Phi) is 7.40. The van der Waals surface area contributed by atoms with E-state index in [1.807, 2.05) is 13.8 Å². The molecule has 1 aromatic rings. The molecule has 0 amide bonds. The summed E-state index contributed by atoms with van der Waals surface area (Å²) in [7, 11) is -3.48. The molecule has 0 saturated carbocycles. The Hall–Kier alpha value is -1.39. The molecule has 0 spiro atoms. The second-order valence-electron chi connectivity index (χ2n) is 4.41. The number of hydrogen-bond donors (Lipinski definition) is 2. The first-order chi connectivity index (χ1) is 10.0. The Labute approximate surface area is 127 Å². The maximum atomic E-state index is 12.1. The van der Waals surface area contributed by atoms with Crippen LogP contribution in [0.2, 0.25) is 0 Å². The lowest BCUT2D eigenvalue weighted by atomic mass is 10.2. The summed E-state index contributed by atoms with van der Waals surface area (Å²) in [5.74, 6) is 5.24. The van der Waals surface area contributed by atoms with Gasteiger partial charge in [0.15, 0.2) is 0 Å². The van der Waals surface area contributed by atoms with Crippen LogP contribution >= 0.6 is 0 Å². The molecule has 0 heterocycles. The van der Waals surface area contributed by atoms with E-state index in [0.29, 0.717) is 18.7 Å². The Morgan fingerprint density at radius 2 is 1.81 bits per heavy atom. The van der Waals surface area contributed by atoms with Crippen LogP contribution in [-0.2, 0) is 10.0 Å². The number of likely N-dealkylation sites (N-methyl/N-ethyl adjacent to an activating group) is 1. The van der Waals surface area contributed by atoms with Crippen molar-refractivity contribution in [2.75, 3.05) is 32.8 Å². The maximum Gasteiger partial charge on any atom is 0.240 e. The molecule has 0 aliphatic carbocycles. The second kappa shape index (κ2) is 8.80. The summed E-state index contributed by atoms with van der Waals surface area (Å²) in [5, 5.41) is 8.61. The van der Waals surface area contributed by atoms with Crippen molar-refractivity contribution in [2.24, 2.45) is 0 Å². The van der Waals surface area contributed by atoms with Gasteiger partial charge in [-0.25, -0.2) is 13.1 Å². The van der Waals surface area contributed by atoms with Gasteiger partial charge in [0.2, 0.25) is 10.0 Å². The number of sulfonamides is 1. The summed E-state index contributed by atoms with van der Waals surface area (Å²) >= 11 is 0. The molecular weight excluding hydrogens is 288 g/mol. The zero-order chi connectivity index (χ0) is 15.7. The lowest BCUT2D eigenvalue weighted by molar-refractivity contribution is 0.309. The Balaban J connectivity index is 2.66. The van der Waals surface area contributed by atoms with Crippen molar-refractivity contribution in [3.8, 4) is 11.8 Å². The topological polar surface area (TPSA) is 69.6 Å². The fraction of sp³-hybridized carbons (Fsp3) is 0.467. The summed E-state index contributed by atoms with van der Waals surface area (Å²) in [6.45, 7) is 6.75. The predicted octanol–water partition coefficient (Wildman–Crippen LogP) is 0.650. The highest BCUT2D eigenvalue weighted by Gasteiger charge is 2.13. The minimum absolute atomic E-state index is 0.215. The van der Waals surface area contributed by atoms with Crippen molar-refractivity contribution < 1.29 is 13.5 Å². The molecular formula is C15H22N2O3S. The van der Waals surface area contributed by atoms with E-state index in [9.17, 15) is 8.42 Å². The fourth-order valence-electron chi connectivity index (χ4n) is 1.82. The number of aliphatic hydroxyl groups is 1. The largest absolute Gasteiger partial charge is 0.384 e. The first-order valence-electron chi connectivity index (χ1n) is 6.95. The van der Waals surface area contributed by atoms with E-state index < -0.39 is 10.0 Å². The van der Waals surface area contributed by atoms with E-state index in [2.05, 4.69) is 21.5 Å². The van der Waals surface area contributed by atoms with Crippen LogP contribution in [0.1, 0.15) is 19.4 Å². The van der Waals surface area contributed by atoms with Gasteiger partial charge in [-0.2, -0.15) is 0 Å². The predicted molar refractivity (Wildman–Crippen MR) is 83.4 cm³/mol. The normalized spacial score (nSPS) is 11.2. The number of rotatable bonds is 7. The van der Waals surface area contributed by atoms with Crippen molar-refractivity contribution in [3.63, 3.8) is 0 Å². The summed E-state index contributed by atoms with van der Waals surface area (Å²) in [6, 6.07) is 6.28. The molecule has 0 aliphatic rings. The van der Waals surface area contributed by atoms with Crippen molar-refractivity contribution in [3.05, 3.63) is 29.8 Å². The van der Waals surface area contributed by atoms with Gasteiger partial charge in [0.25, 0.3) is 0 Å². The van der Waals surface area contributed by atoms with Gasteiger partial charge < -0.3 is 10.0 Å². The average Bonchev–Trinajstić information content (AvgIpc) is 2.50. The monoisotopic (exact) mass is 310 g/mol.